The average Bonchev–Trinajstić information content (AvgIpc) is 2.48. The molecule has 1 atom stereocenters. The van der Waals surface area contributed by atoms with Gasteiger partial charge in [-0.25, -0.2) is 0 Å². The Hall–Kier alpha value is -0.820. The summed E-state index contributed by atoms with van der Waals surface area (Å²) in [5.74, 6) is 0. The Balaban J connectivity index is 3.20. The van der Waals surface area contributed by atoms with Crippen molar-refractivity contribution in [2.75, 3.05) is 0 Å². The molecule has 1 unspecified atom stereocenters. The van der Waals surface area contributed by atoms with Crippen molar-refractivity contribution in [1.82, 2.24) is 0 Å². The molecule has 1 nitrogen and oxygen atoms in total. The summed E-state index contributed by atoms with van der Waals surface area (Å²) < 4.78 is 0. The quantitative estimate of drug-likeness (QED) is 0.275. The van der Waals surface area contributed by atoms with Crippen molar-refractivity contribution in [2.24, 2.45) is 0 Å². The topological polar surface area (TPSA) is 20.2 Å². The number of hydrogen-bond acceptors (Lipinski definition) is 1. The SMILES string of the molecule is C=CC=CC=CCCCCCCCCC(O)CCCCC. The van der Waals surface area contributed by atoms with Gasteiger partial charge in [0, 0.05) is 0 Å². The third-order valence-electron chi connectivity index (χ3n) is 3.79. The van der Waals surface area contributed by atoms with Crippen molar-refractivity contribution in [1.29, 1.82) is 0 Å². The van der Waals surface area contributed by atoms with Gasteiger partial charge in [-0.3, -0.25) is 0 Å². The van der Waals surface area contributed by atoms with E-state index >= 15 is 0 Å². The number of aliphatic hydroxyl groups excluding tert-OH is 1. The van der Waals surface area contributed by atoms with E-state index in [1.54, 1.807) is 6.08 Å². The lowest BCUT2D eigenvalue weighted by molar-refractivity contribution is 0.147. The van der Waals surface area contributed by atoms with E-state index in [4.69, 9.17) is 0 Å². The Morgan fingerprint density at radius 2 is 1.43 bits per heavy atom. The van der Waals surface area contributed by atoms with E-state index in [2.05, 4.69) is 25.7 Å². The minimum absolute atomic E-state index is 0.0506. The van der Waals surface area contributed by atoms with Gasteiger partial charge in [-0.2, -0.15) is 0 Å². The van der Waals surface area contributed by atoms with E-state index in [1.807, 2.05) is 12.2 Å². The van der Waals surface area contributed by atoms with Crippen LogP contribution < -0.4 is 0 Å². The first-order valence-corrected chi connectivity index (χ1v) is 8.93. The van der Waals surface area contributed by atoms with Crippen LogP contribution in [-0.4, -0.2) is 11.2 Å². The molecule has 1 N–H and O–H groups in total. The largest absolute Gasteiger partial charge is 0.393 e. The molecule has 0 aliphatic rings. The van der Waals surface area contributed by atoms with Crippen molar-refractivity contribution in [3.63, 3.8) is 0 Å². The van der Waals surface area contributed by atoms with Gasteiger partial charge in [0.15, 0.2) is 0 Å². The summed E-state index contributed by atoms with van der Waals surface area (Å²) in [4.78, 5) is 0. The Kier molecular flexibility index (Phi) is 16.6. The number of hydrogen-bond donors (Lipinski definition) is 1. The number of allylic oxidation sites excluding steroid dienone is 5. The molecular weight excluding hydrogens is 256 g/mol. The number of aliphatic hydroxyl groups is 1. The molecule has 0 aromatic carbocycles. The molecule has 0 saturated heterocycles. The highest BCUT2D eigenvalue weighted by atomic mass is 16.3. The summed E-state index contributed by atoms with van der Waals surface area (Å²) in [5, 5.41) is 9.82. The molecule has 21 heavy (non-hydrogen) atoms. The first-order valence-electron chi connectivity index (χ1n) is 8.93. The van der Waals surface area contributed by atoms with Crippen molar-refractivity contribution in [3.8, 4) is 0 Å². The highest BCUT2D eigenvalue weighted by molar-refractivity contribution is 5.08. The molecule has 0 fully saturated rings. The highest BCUT2D eigenvalue weighted by Crippen LogP contribution is 2.13. The van der Waals surface area contributed by atoms with E-state index in [9.17, 15) is 5.11 Å². The van der Waals surface area contributed by atoms with E-state index in [-0.39, 0.29) is 6.10 Å². The Morgan fingerprint density at radius 1 is 0.810 bits per heavy atom. The van der Waals surface area contributed by atoms with Crippen LogP contribution in [0.25, 0.3) is 0 Å². The summed E-state index contributed by atoms with van der Waals surface area (Å²) in [6.45, 7) is 5.84. The van der Waals surface area contributed by atoms with Gasteiger partial charge in [-0.15, -0.1) is 0 Å². The highest BCUT2D eigenvalue weighted by Gasteiger charge is 2.02. The fraction of sp³-hybridized carbons (Fsp3) is 0.700. The van der Waals surface area contributed by atoms with Crippen molar-refractivity contribution >= 4 is 0 Å². The predicted molar refractivity (Wildman–Crippen MR) is 95.6 cm³/mol. The molecule has 0 radical (unpaired) electrons. The van der Waals surface area contributed by atoms with Crippen molar-refractivity contribution in [2.45, 2.75) is 90.1 Å². The van der Waals surface area contributed by atoms with Crippen molar-refractivity contribution in [3.05, 3.63) is 37.0 Å². The zero-order valence-electron chi connectivity index (χ0n) is 14.1. The first-order chi connectivity index (χ1) is 10.3. The normalized spacial score (nSPS) is 13.2. The maximum atomic E-state index is 9.82. The van der Waals surface area contributed by atoms with Crippen LogP contribution in [0.3, 0.4) is 0 Å². The van der Waals surface area contributed by atoms with Crippen LogP contribution in [0.15, 0.2) is 37.0 Å². The van der Waals surface area contributed by atoms with Crippen LogP contribution in [0.1, 0.15) is 84.0 Å². The molecular formula is C20H36O. The average molecular weight is 293 g/mol. The summed E-state index contributed by atoms with van der Waals surface area (Å²) in [6, 6.07) is 0. The van der Waals surface area contributed by atoms with Crippen LogP contribution in [0, 0.1) is 0 Å². The minimum atomic E-state index is -0.0506. The molecule has 0 bridgehead atoms. The Bertz CT molecular complexity index is 265. The lowest BCUT2D eigenvalue weighted by Crippen LogP contribution is -2.05. The molecule has 0 saturated carbocycles. The van der Waals surface area contributed by atoms with E-state index in [0.29, 0.717) is 0 Å². The Labute approximate surface area is 132 Å². The second-order valence-electron chi connectivity index (χ2n) is 5.90. The van der Waals surface area contributed by atoms with Gasteiger partial charge in [-0.05, 0) is 25.7 Å². The van der Waals surface area contributed by atoms with Gasteiger partial charge >= 0.3 is 0 Å². The third-order valence-corrected chi connectivity index (χ3v) is 3.79. The van der Waals surface area contributed by atoms with E-state index in [0.717, 1.165) is 12.8 Å². The van der Waals surface area contributed by atoms with Crippen LogP contribution in [0.4, 0.5) is 0 Å². The number of rotatable bonds is 15. The van der Waals surface area contributed by atoms with Gasteiger partial charge in [0.2, 0.25) is 0 Å². The van der Waals surface area contributed by atoms with E-state index in [1.165, 1.54) is 64.2 Å². The minimum Gasteiger partial charge on any atom is -0.393 e. The molecule has 0 rings (SSSR count). The van der Waals surface area contributed by atoms with Gasteiger partial charge in [0.1, 0.15) is 0 Å². The maximum absolute atomic E-state index is 9.82. The molecule has 0 heterocycles. The third kappa shape index (κ3) is 17.1. The van der Waals surface area contributed by atoms with Crippen LogP contribution >= 0.6 is 0 Å². The molecule has 0 aliphatic heterocycles. The fourth-order valence-corrected chi connectivity index (χ4v) is 2.44. The smallest absolute Gasteiger partial charge is 0.0540 e. The van der Waals surface area contributed by atoms with E-state index < -0.39 is 0 Å². The van der Waals surface area contributed by atoms with Gasteiger partial charge in [-0.1, -0.05) is 95.2 Å². The zero-order chi connectivity index (χ0) is 15.6. The monoisotopic (exact) mass is 292 g/mol. The molecule has 122 valence electrons. The second kappa shape index (κ2) is 17.2. The first kappa shape index (κ1) is 20.2. The van der Waals surface area contributed by atoms with Crippen LogP contribution in [-0.2, 0) is 0 Å². The standard InChI is InChI=1S/C20H36O/c1-3-5-7-8-9-10-11-12-13-14-15-17-19-20(21)18-16-6-4-2/h3,5,7-9,20-21H,1,4,6,10-19H2,2H3. The molecule has 0 amide bonds. The summed E-state index contributed by atoms with van der Waals surface area (Å²) in [6.07, 6.45) is 24.7. The fourth-order valence-electron chi connectivity index (χ4n) is 2.44. The molecule has 1 heteroatoms. The van der Waals surface area contributed by atoms with Gasteiger partial charge < -0.3 is 5.11 Å². The second-order valence-corrected chi connectivity index (χ2v) is 5.90. The number of unbranched alkanes of at least 4 members (excludes halogenated alkanes) is 8. The van der Waals surface area contributed by atoms with Crippen molar-refractivity contribution < 1.29 is 5.11 Å². The Morgan fingerprint density at radius 3 is 2.10 bits per heavy atom. The molecule has 0 aromatic heterocycles. The molecule has 0 aliphatic carbocycles. The maximum Gasteiger partial charge on any atom is 0.0540 e. The summed E-state index contributed by atoms with van der Waals surface area (Å²) in [7, 11) is 0. The zero-order valence-corrected chi connectivity index (χ0v) is 14.1. The lowest BCUT2D eigenvalue weighted by Gasteiger charge is -2.09. The summed E-state index contributed by atoms with van der Waals surface area (Å²) >= 11 is 0. The van der Waals surface area contributed by atoms with Crippen LogP contribution in [0.5, 0.6) is 0 Å². The lowest BCUT2D eigenvalue weighted by atomic mass is 10.0. The predicted octanol–water partition coefficient (Wildman–Crippen LogP) is 6.35. The molecule has 0 aromatic rings. The molecule has 0 spiro atoms. The summed E-state index contributed by atoms with van der Waals surface area (Å²) in [5.41, 5.74) is 0. The van der Waals surface area contributed by atoms with Gasteiger partial charge in [0.25, 0.3) is 0 Å². The van der Waals surface area contributed by atoms with Gasteiger partial charge in [0.05, 0.1) is 6.10 Å². The van der Waals surface area contributed by atoms with Crippen LogP contribution in [0.2, 0.25) is 0 Å².